The molecule has 0 bridgehead atoms. The summed E-state index contributed by atoms with van der Waals surface area (Å²) < 4.78 is 14.5. The van der Waals surface area contributed by atoms with Crippen molar-refractivity contribution in [2.75, 3.05) is 0 Å². The van der Waals surface area contributed by atoms with Crippen LogP contribution in [0, 0.1) is 17.7 Å². The Kier molecular flexibility index (Phi) is 9.29. The topological polar surface area (TPSA) is 25.8 Å². The quantitative estimate of drug-likeness (QED) is 0.351. The Morgan fingerprint density at radius 3 is 2.27 bits per heavy atom. The molecule has 0 unspecified atom stereocenters. The monoisotopic (exact) mass is 410 g/mol. The highest BCUT2D eigenvalue weighted by Crippen LogP contribution is 2.33. The second-order valence-corrected chi connectivity index (χ2v) is 9.21. The first kappa shape index (κ1) is 22.9. The van der Waals surface area contributed by atoms with Crippen molar-refractivity contribution in [3.05, 3.63) is 47.4 Å². The number of halogens is 1. The molecule has 1 fully saturated rings. The molecule has 2 aromatic rings. The molecular weight excluding hydrogens is 371 g/mol. The molecule has 0 N–H and O–H groups in total. The van der Waals surface area contributed by atoms with Crippen LogP contribution in [0.3, 0.4) is 0 Å². The maximum absolute atomic E-state index is 14.5. The Morgan fingerprint density at radius 1 is 0.833 bits per heavy atom. The summed E-state index contributed by atoms with van der Waals surface area (Å²) in [5.41, 5.74) is 3.45. The summed E-state index contributed by atoms with van der Waals surface area (Å²) in [5.74, 6) is 1.68. The molecule has 0 atom stereocenters. The molecule has 1 heterocycles. The Balaban J connectivity index is 1.48. The third-order valence-electron chi connectivity index (χ3n) is 6.97. The molecule has 1 aromatic heterocycles. The van der Waals surface area contributed by atoms with E-state index in [1.54, 1.807) is 6.07 Å². The molecule has 2 nitrogen and oxygen atoms in total. The summed E-state index contributed by atoms with van der Waals surface area (Å²) in [7, 11) is 0. The van der Waals surface area contributed by atoms with Gasteiger partial charge in [-0.3, -0.25) is 0 Å². The molecule has 164 valence electrons. The zero-order chi connectivity index (χ0) is 21.2. The Hall–Kier alpha value is -1.77. The van der Waals surface area contributed by atoms with Gasteiger partial charge in [0.25, 0.3) is 0 Å². The van der Waals surface area contributed by atoms with E-state index in [9.17, 15) is 4.39 Å². The van der Waals surface area contributed by atoms with Crippen molar-refractivity contribution in [3.63, 3.8) is 0 Å². The van der Waals surface area contributed by atoms with Crippen molar-refractivity contribution in [2.24, 2.45) is 11.8 Å². The molecular formula is C27H39FN2. The van der Waals surface area contributed by atoms with Crippen LogP contribution in [0.5, 0.6) is 0 Å². The van der Waals surface area contributed by atoms with Crippen LogP contribution in [-0.4, -0.2) is 10.2 Å². The SMILES string of the molecule is CCCCCCCc1ccc(-c2ccc(CCC3CCC(CC)CC3)nn2)cc1F. The van der Waals surface area contributed by atoms with Gasteiger partial charge in [-0.05, 0) is 61.3 Å². The first-order valence-electron chi connectivity index (χ1n) is 12.3. The van der Waals surface area contributed by atoms with Crippen molar-refractivity contribution < 1.29 is 4.39 Å². The van der Waals surface area contributed by atoms with E-state index in [0.29, 0.717) is 0 Å². The van der Waals surface area contributed by atoms with Gasteiger partial charge in [-0.2, -0.15) is 10.2 Å². The van der Waals surface area contributed by atoms with E-state index in [1.165, 1.54) is 64.2 Å². The van der Waals surface area contributed by atoms with Crippen molar-refractivity contribution in [1.29, 1.82) is 0 Å². The molecule has 30 heavy (non-hydrogen) atoms. The van der Waals surface area contributed by atoms with E-state index in [1.807, 2.05) is 18.2 Å². The Labute approximate surface area is 182 Å². The van der Waals surface area contributed by atoms with Gasteiger partial charge in [-0.1, -0.05) is 83.8 Å². The molecule has 0 spiro atoms. The van der Waals surface area contributed by atoms with Gasteiger partial charge >= 0.3 is 0 Å². The minimum absolute atomic E-state index is 0.114. The van der Waals surface area contributed by atoms with E-state index < -0.39 is 0 Å². The van der Waals surface area contributed by atoms with Gasteiger partial charge in [-0.15, -0.1) is 0 Å². The lowest BCUT2D eigenvalue weighted by molar-refractivity contribution is 0.258. The summed E-state index contributed by atoms with van der Waals surface area (Å²) in [6.07, 6.45) is 15.9. The maximum atomic E-state index is 14.5. The Bertz CT molecular complexity index is 748. The van der Waals surface area contributed by atoms with Crippen molar-refractivity contribution in [2.45, 2.75) is 97.3 Å². The predicted molar refractivity (Wildman–Crippen MR) is 124 cm³/mol. The van der Waals surface area contributed by atoms with Crippen molar-refractivity contribution >= 4 is 0 Å². The average Bonchev–Trinajstić information content (AvgIpc) is 2.79. The largest absolute Gasteiger partial charge is 0.207 e. The van der Waals surface area contributed by atoms with Gasteiger partial charge in [0, 0.05) is 5.56 Å². The van der Waals surface area contributed by atoms with Crippen LogP contribution in [0.15, 0.2) is 30.3 Å². The zero-order valence-corrected chi connectivity index (χ0v) is 19.0. The third kappa shape index (κ3) is 6.89. The molecule has 0 saturated heterocycles. The van der Waals surface area contributed by atoms with Gasteiger partial charge in [-0.25, -0.2) is 4.39 Å². The number of aromatic nitrogens is 2. The minimum atomic E-state index is -0.114. The van der Waals surface area contributed by atoms with Gasteiger partial charge < -0.3 is 0 Å². The second kappa shape index (κ2) is 12.2. The highest BCUT2D eigenvalue weighted by molar-refractivity contribution is 5.59. The second-order valence-electron chi connectivity index (χ2n) is 9.21. The normalized spacial score (nSPS) is 19.2. The average molecular weight is 411 g/mol. The number of rotatable bonds is 11. The van der Waals surface area contributed by atoms with Crippen molar-refractivity contribution in [3.8, 4) is 11.3 Å². The summed E-state index contributed by atoms with van der Waals surface area (Å²) in [5, 5.41) is 8.82. The fourth-order valence-corrected chi connectivity index (χ4v) is 4.76. The van der Waals surface area contributed by atoms with Crippen molar-refractivity contribution in [1.82, 2.24) is 10.2 Å². The number of nitrogens with zero attached hydrogens (tertiary/aromatic N) is 2. The van der Waals surface area contributed by atoms with Crippen LogP contribution in [0.1, 0.15) is 95.7 Å². The lowest BCUT2D eigenvalue weighted by Gasteiger charge is -2.27. The number of hydrogen-bond donors (Lipinski definition) is 0. The lowest BCUT2D eigenvalue weighted by Crippen LogP contribution is -2.14. The maximum Gasteiger partial charge on any atom is 0.127 e. The van der Waals surface area contributed by atoms with Crippen LogP contribution < -0.4 is 0 Å². The van der Waals surface area contributed by atoms with E-state index >= 15 is 0 Å². The summed E-state index contributed by atoms with van der Waals surface area (Å²) in [6.45, 7) is 4.53. The van der Waals surface area contributed by atoms with E-state index in [0.717, 1.165) is 53.6 Å². The first-order chi connectivity index (χ1) is 14.7. The summed E-state index contributed by atoms with van der Waals surface area (Å²) in [4.78, 5) is 0. The molecule has 1 aliphatic rings. The number of hydrogen-bond acceptors (Lipinski definition) is 2. The van der Waals surface area contributed by atoms with Gasteiger partial charge in [0.2, 0.25) is 0 Å². The predicted octanol–water partition coefficient (Wildman–Crippen LogP) is 7.94. The highest BCUT2D eigenvalue weighted by Gasteiger charge is 2.19. The molecule has 1 aromatic carbocycles. The molecule has 1 saturated carbocycles. The molecule has 0 aliphatic heterocycles. The molecule has 0 radical (unpaired) electrons. The van der Waals surface area contributed by atoms with Crippen LogP contribution in [0.2, 0.25) is 0 Å². The van der Waals surface area contributed by atoms with Gasteiger partial charge in [0.15, 0.2) is 0 Å². The summed E-state index contributed by atoms with van der Waals surface area (Å²) in [6, 6.07) is 9.60. The highest BCUT2D eigenvalue weighted by atomic mass is 19.1. The smallest absolute Gasteiger partial charge is 0.127 e. The van der Waals surface area contributed by atoms with E-state index in [-0.39, 0.29) is 5.82 Å². The fraction of sp³-hybridized carbons (Fsp3) is 0.630. The fourth-order valence-electron chi connectivity index (χ4n) is 4.76. The first-order valence-corrected chi connectivity index (χ1v) is 12.3. The summed E-state index contributed by atoms with van der Waals surface area (Å²) >= 11 is 0. The van der Waals surface area contributed by atoms with E-state index in [4.69, 9.17) is 0 Å². The molecule has 3 heteroatoms. The number of benzene rings is 1. The third-order valence-corrected chi connectivity index (χ3v) is 6.97. The number of aryl methyl sites for hydroxylation is 2. The molecule has 0 amide bonds. The lowest BCUT2D eigenvalue weighted by atomic mass is 9.79. The van der Waals surface area contributed by atoms with Crippen LogP contribution in [-0.2, 0) is 12.8 Å². The zero-order valence-electron chi connectivity index (χ0n) is 19.0. The number of unbranched alkanes of at least 4 members (excludes halogenated alkanes) is 4. The molecule has 1 aliphatic carbocycles. The van der Waals surface area contributed by atoms with Crippen LogP contribution >= 0.6 is 0 Å². The van der Waals surface area contributed by atoms with E-state index in [2.05, 4.69) is 30.1 Å². The standard InChI is InChI=1S/C27H39FN2/c1-3-5-6-7-8-9-23-15-16-24(20-26(23)28)27-19-18-25(29-30-27)17-14-22-12-10-21(4-2)11-13-22/h15-16,18-22H,3-14,17H2,1-2H3. The van der Waals surface area contributed by atoms with Gasteiger partial charge in [0.1, 0.15) is 5.82 Å². The Morgan fingerprint density at radius 2 is 1.60 bits per heavy atom. The van der Waals surface area contributed by atoms with Crippen LogP contribution in [0.25, 0.3) is 11.3 Å². The molecule has 3 rings (SSSR count). The van der Waals surface area contributed by atoms with Gasteiger partial charge in [0.05, 0.1) is 11.4 Å². The minimum Gasteiger partial charge on any atom is -0.207 e. The van der Waals surface area contributed by atoms with Crippen LogP contribution in [0.4, 0.5) is 4.39 Å².